The van der Waals surface area contributed by atoms with E-state index in [9.17, 15) is 0 Å². The van der Waals surface area contributed by atoms with E-state index in [1.54, 1.807) is 11.3 Å². The first-order chi connectivity index (χ1) is 6.93. The Morgan fingerprint density at radius 1 is 1.53 bits per heavy atom. The molecule has 1 atom stereocenters. The summed E-state index contributed by atoms with van der Waals surface area (Å²) in [5, 5.41) is 15.3. The number of nitrogens with zero attached hydrogens (tertiary/aromatic N) is 1. The van der Waals surface area contributed by atoms with Gasteiger partial charge < -0.3 is 10.4 Å². The number of nitrogens with one attached hydrogen (secondary N) is 1. The summed E-state index contributed by atoms with van der Waals surface area (Å²) in [4.78, 5) is 4.56. The summed E-state index contributed by atoms with van der Waals surface area (Å²) in [6, 6.07) is 0.131. The Kier molecular flexibility index (Phi) is 4.25. The maximum absolute atomic E-state index is 8.87. The van der Waals surface area contributed by atoms with Crippen molar-refractivity contribution in [3.05, 3.63) is 16.1 Å². The van der Waals surface area contributed by atoms with Crippen LogP contribution in [0.5, 0.6) is 0 Å². The van der Waals surface area contributed by atoms with Crippen LogP contribution in [-0.2, 0) is 12.0 Å². The van der Waals surface area contributed by atoms with E-state index >= 15 is 0 Å². The lowest BCUT2D eigenvalue weighted by molar-refractivity contribution is 0.251. The van der Waals surface area contributed by atoms with E-state index in [0.717, 1.165) is 17.2 Å². The molecule has 2 N–H and O–H groups in total. The maximum atomic E-state index is 8.87. The van der Waals surface area contributed by atoms with Crippen LogP contribution in [0.2, 0.25) is 0 Å². The van der Waals surface area contributed by atoms with Crippen LogP contribution in [0.1, 0.15) is 38.4 Å². The van der Waals surface area contributed by atoms with Crippen molar-refractivity contribution >= 4 is 11.3 Å². The lowest BCUT2D eigenvalue weighted by atomic mass is 9.93. The Morgan fingerprint density at radius 3 is 2.67 bits per heavy atom. The number of aliphatic hydroxyl groups excluding tert-OH is 1. The molecule has 0 amide bonds. The largest absolute Gasteiger partial charge is 0.395 e. The second kappa shape index (κ2) is 5.05. The Bertz CT molecular complexity index is 304. The zero-order valence-electron chi connectivity index (χ0n) is 9.87. The van der Waals surface area contributed by atoms with E-state index < -0.39 is 0 Å². The van der Waals surface area contributed by atoms with Gasteiger partial charge in [0.2, 0.25) is 0 Å². The van der Waals surface area contributed by atoms with Gasteiger partial charge in [-0.25, -0.2) is 4.98 Å². The molecule has 1 unspecified atom stereocenters. The number of thiazole rings is 1. The van der Waals surface area contributed by atoms with Crippen LogP contribution in [0.15, 0.2) is 5.38 Å². The highest BCUT2D eigenvalue weighted by molar-refractivity contribution is 7.09. The van der Waals surface area contributed by atoms with Crippen molar-refractivity contribution in [2.75, 3.05) is 6.61 Å². The van der Waals surface area contributed by atoms with E-state index in [1.165, 1.54) is 0 Å². The molecule has 0 fully saturated rings. The van der Waals surface area contributed by atoms with Crippen LogP contribution < -0.4 is 5.32 Å². The van der Waals surface area contributed by atoms with Gasteiger partial charge in [-0.1, -0.05) is 20.8 Å². The quantitative estimate of drug-likeness (QED) is 0.827. The van der Waals surface area contributed by atoms with Crippen molar-refractivity contribution in [2.24, 2.45) is 0 Å². The molecule has 86 valence electrons. The van der Waals surface area contributed by atoms with Gasteiger partial charge in [0.25, 0.3) is 0 Å². The topological polar surface area (TPSA) is 45.1 Å². The van der Waals surface area contributed by atoms with Crippen molar-refractivity contribution in [2.45, 2.75) is 45.7 Å². The Balaban J connectivity index is 2.54. The second-order valence-electron chi connectivity index (χ2n) is 4.84. The molecule has 1 aromatic rings. The summed E-state index contributed by atoms with van der Waals surface area (Å²) in [7, 11) is 0. The molecule has 0 aliphatic heterocycles. The van der Waals surface area contributed by atoms with E-state index in [0.29, 0.717) is 0 Å². The molecule has 3 nitrogen and oxygen atoms in total. The smallest absolute Gasteiger partial charge is 0.107 e. The third kappa shape index (κ3) is 3.89. The van der Waals surface area contributed by atoms with E-state index in [4.69, 9.17) is 5.11 Å². The summed E-state index contributed by atoms with van der Waals surface area (Å²) in [6.45, 7) is 9.35. The molecular weight excluding hydrogens is 208 g/mol. The van der Waals surface area contributed by atoms with Gasteiger partial charge >= 0.3 is 0 Å². The fraction of sp³-hybridized carbons (Fsp3) is 0.727. The molecule has 15 heavy (non-hydrogen) atoms. The summed E-state index contributed by atoms with van der Waals surface area (Å²) < 4.78 is 0. The molecule has 4 heteroatoms. The van der Waals surface area contributed by atoms with Crippen molar-refractivity contribution in [3.63, 3.8) is 0 Å². The molecule has 0 radical (unpaired) electrons. The number of aromatic nitrogens is 1. The van der Waals surface area contributed by atoms with Crippen LogP contribution in [-0.4, -0.2) is 22.7 Å². The van der Waals surface area contributed by atoms with Gasteiger partial charge in [-0.15, -0.1) is 11.3 Å². The van der Waals surface area contributed by atoms with Crippen LogP contribution in [0.25, 0.3) is 0 Å². The Morgan fingerprint density at radius 2 is 2.20 bits per heavy atom. The van der Waals surface area contributed by atoms with Crippen molar-refractivity contribution in [1.82, 2.24) is 10.3 Å². The predicted molar refractivity (Wildman–Crippen MR) is 64.2 cm³/mol. The second-order valence-corrected chi connectivity index (χ2v) is 5.78. The molecule has 0 aliphatic rings. The fourth-order valence-electron chi connectivity index (χ4n) is 1.06. The Hall–Kier alpha value is -0.450. The van der Waals surface area contributed by atoms with Crippen LogP contribution in [0, 0.1) is 0 Å². The van der Waals surface area contributed by atoms with E-state index in [-0.39, 0.29) is 18.1 Å². The molecule has 1 aromatic heterocycles. The van der Waals surface area contributed by atoms with Crippen LogP contribution in [0.4, 0.5) is 0 Å². The number of aliphatic hydroxyl groups is 1. The average molecular weight is 228 g/mol. The highest BCUT2D eigenvalue weighted by Gasteiger charge is 2.17. The minimum Gasteiger partial charge on any atom is -0.395 e. The Labute approximate surface area is 95.6 Å². The maximum Gasteiger partial charge on any atom is 0.107 e. The molecule has 0 saturated heterocycles. The van der Waals surface area contributed by atoms with Gasteiger partial charge in [0.1, 0.15) is 5.01 Å². The number of hydrogen-bond acceptors (Lipinski definition) is 4. The SMILES string of the molecule is CC(CO)NCc1nc(C(C)(C)C)cs1. The summed E-state index contributed by atoms with van der Waals surface area (Å²) in [6.07, 6.45) is 0. The first kappa shape index (κ1) is 12.6. The fourth-order valence-corrected chi connectivity index (χ4v) is 2.03. The highest BCUT2D eigenvalue weighted by atomic mass is 32.1. The lowest BCUT2D eigenvalue weighted by Gasteiger charge is -2.14. The summed E-state index contributed by atoms with van der Waals surface area (Å²) >= 11 is 1.67. The van der Waals surface area contributed by atoms with Crippen molar-refractivity contribution in [3.8, 4) is 0 Å². The standard InChI is InChI=1S/C11H20N2OS/c1-8(6-14)12-5-10-13-9(7-15-10)11(2,3)4/h7-8,12,14H,5-6H2,1-4H3. The molecule has 0 aliphatic carbocycles. The minimum atomic E-state index is 0.122. The average Bonchev–Trinajstić information content (AvgIpc) is 2.61. The molecule has 1 heterocycles. The monoisotopic (exact) mass is 228 g/mol. The zero-order chi connectivity index (χ0) is 11.5. The minimum absolute atomic E-state index is 0.122. The molecule has 1 rings (SSSR count). The predicted octanol–water partition coefficient (Wildman–Crippen LogP) is 1.91. The molecule has 0 spiro atoms. The first-order valence-corrected chi connectivity index (χ1v) is 6.10. The van der Waals surface area contributed by atoms with Gasteiger partial charge in [0.05, 0.1) is 12.3 Å². The summed E-state index contributed by atoms with van der Waals surface area (Å²) in [5.41, 5.74) is 1.26. The molecule has 0 bridgehead atoms. The molecular formula is C11H20N2OS. The van der Waals surface area contributed by atoms with Crippen LogP contribution in [0.3, 0.4) is 0 Å². The third-order valence-electron chi connectivity index (χ3n) is 2.20. The lowest BCUT2D eigenvalue weighted by Crippen LogP contribution is -2.28. The zero-order valence-corrected chi connectivity index (χ0v) is 10.7. The van der Waals surface area contributed by atoms with Gasteiger partial charge in [-0.2, -0.15) is 0 Å². The number of hydrogen-bond donors (Lipinski definition) is 2. The third-order valence-corrected chi connectivity index (χ3v) is 3.04. The summed E-state index contributed by atoms with van der Waals surface area (Å²) in [5.74, 6) is 0. The van der Waals surface area contributed by atoms with Gasteiger partial charge in [-0.05, 0) is 6.92 Å². The van der Waals surface area contributed by atoms with Gasteiger partial charge in [0.15, 0.2) is 0 Å². The molecule has 0 saturated carbocycles. The first-order valence-electron chi connectivity index (χ1n) is 5.22. The molecule has 0 aromatic carbocycles. The van der Waals surface area contributed by atoms with Crippen molar-refractivity contribution < 1.29 is 5.11 Å². The highest BCUT2D eigenvalue weighted by Crippen LogP contribution is 2.23. The van der Waals surface area contributed by atoms with Gasteiger partial charge in [0, 0.05) is 23.4 Å². The van der Waals surface area contributed by atoms with Crippen molar-refractivity contribution in [1.29, 1.82) is 0 Å². The van der Waals surface area contributed by atoms with E-state index in [1.807, 2.05) is 6.92 Å². The van der Waals surface area contributed by atoms with E-state index in [2.05, 4.69) is 36.5 Å². The van der Waals surface area contributed by atoms with Gasteiger partial charge in [-0.3, -0.25) is 0 Å². The van der Waals surface area contributed by atoms with Crippen LogP contribution >= 0.6 is 11.3 Å². The normalized spacial score (nSPS) is 14.2. The number of rotatable bonds is 4.